The Morgan fingerprint density at radius 2 is 0.528 bits per heavy atom. The SMILES string of the molecule is c1ccc(-c2ccc3sc4c(-c5ccc6c7ccc(-c8cc(-c9ccccc9)cc9c8sc8ccc(-c%10ccccc%10)cc89)cc7n(-c7ccc8c(-c9ccccc9)c9ccccc9c(-c9ccccc9)c8c7)c6c5)cc(-c5ccccc5)cc4c3c2)cc1. The van der Waals surface area contributed by atoms with E-state index < -0.39 is 0 Å². The van der Waals surface area contributed by atoms with Gasteiger partial charge in [0, 0.05) is 67.9 Å². The van der Waals surface area contributed by atoms with Crippen molar-refractivity contribution in [2.24, 2.45) is 0 Å². The molecule has 3 heterocycles. The Hall–Kier alpha value is -10.9. The first-order chi connectivity index (χ1) is 44.1. The van der Waals surface area contributed by atoms with Crippen LogP contribution in [0.4, 0.5) is 0 Å². The number of hydrogen-bond donors (Lipinski definition) is 0. The molecule has 0 aliphatic rings. The van der Waals surface area contributed by atoms with Gasteiger partial charge in [-0.2, -0.15) is 0 Å². The molecule has 0 aliphatic carbocycles. The number of rotatable bonds is 9. The average molecular weight is 1160 g/mol. The average Bonchev–Trinajstić information content (AvgIpc) is 1.87. The maximum absolute atomic E-state index is 2.58. The lowest BCUT2D eigenvalue weighted by Crippen LogP contribution is -1.97. The lowest BCUT2D eigenvalue weighted by atomic mass is 9.86. The second kappa shape index (κ2) is 20.9. The van der Waals surface area contributed by atoms with Crippen molar-refractivity contribution in [1.82, 2.24) is 4.57 Å². The Kier molecular flexibility index (Phi) is 12.0. The highest BCUT2D eigenvalue weighted by molar-refractivity contribution is 7.26. The van der Waals surface area contributed by atoms with Crippen LogP contribution in [0.3, 0.4) is 0 Å². The van der Waals surface area contributed by atoms with Crippen LogP contribution in [0.2, 0.25) is 0 Å². The van der Waals surface area contributed by atoms with Crippen molar-refractivity contribution in [2.75, 3.05) is 0 Å². The highest BCUT2D eigenvalue weighted by atomic mass is 32.1. The molecule has 414 valence electrons. The number of nitrogens with zero attached hydrogens (tertiary/aromatic N) is 1. The van der Waals surface area contributed by atoms with Crippen molar-refractivity contribution in [3.8, 4) is 94.7 Å². The molecule has 89 heavy (non-hydrogen) atoms. The van der Waals surface area contributed by atoms with Gasteiger partial charge >= 0.3 is 0 Å². The predicted molar refractivity (Wildman–Crippen MR) is 385 cm³/mol. The highest BCUT2D eigenvalue weighted by Gasteiger charge is 2.23. The molecule has 15 aromatic carbocycles. The number of fused-ring (bicyclic) bond motifs is 11. The van der Waals surface area contributed by atoms with E-state index in [0.29, 0.717) is 0 Å². The summed E-state index contributed by atoms with van der Waals surface area (Å²) in [6.07, 6.45) is 0. The van der Waals surface area contributed by atoms with Crippen molar-refractivity contribution in [2.45, 2.75) is 0 Å². The van der Waals surface area contributed by atoms with E-state index in [-0.39, 0.29) is 0 Å². The van der Waals surface area contributed by atoms with Gasteiger partial charge in [0.2, 0.25) is 0 Å². The van der Waals surface area contributed by atoms with Crippen LogP contribution in [-0.2, 0) is 0 Å². The molecule has 0 spiro atoms. The molecule has 3 heteroatoms. The zero-order valence-electron chi connectivity index (χ0n) is 48.4. The van der Waals surface area contributed by atoms with Gasteiger partial charge in [-0.1, -0.05) is 249 Å². The number of thiophene rings is 2. The summed E-state index contributed by atoms with van der Waals surface area (Å²) in [4.78, 5) is 0. The van der Waals surface area contributed by atoms with Crippen molar-refractivity contribution < 1.29 is 0 Å². The Morgan fingerprint density at radius 3 is 0.955 bits per heavy atom. The molecular formula is C86H53NS2. The molecule has 0 radical (unpaired) electrons. The first kappa shape index (κ1) is 51.3. The second-order valence-corrected chi connectivity index (χ2v) is 25.6. The monoisotopic (exact) mass is 1160 g/mol. The van der Waals surface area contributed by atoms with Gasteiger partial charge in [0.25, 0.3) is 0 Å². The molecule has 18 aromatic rings. The summed E-state index contributed by atoms with van der Waals surface area (Å²) in [6, 6.07) is 120. The maximum atomic E-state index is 2.58. The highest BCUT2D eigenvalue weighted by Crippen LogP contribution is 2.50. The third-order valence-electron chi connectivity index (χ3n) is 18.4. The third kappa shape index (κ3) is 8.57. The molecular weight excluding hydrogens is 1110 g/mol. The summed E-state index contributed by atoms with van der Waals surface area (Å²) in [5, 5.41) is 12.4. The van der Waals surface area contributed by atoms with E-state index in [1.807, 2.05) is 22.7 Å². The van der Waals surface area contributed by atoms with Crippen LogP contribution in [0.1, 0.15) is 0 Å². The Balaban J connectivity index is 0.927. The summed E-state index contributed by atoms with van der Waals surface area (Å²) < 4.78 is 7.71. The molecule has 3 aromatic heterocycles. The third-order valence-corrected chi connectivity index (χ3v) is 20.8. The van der Waals surface area contributed by atoms with Crippen LogP contribution in [0.15, 0.2) is 322 Å². The zero-order chi connectivity index (χ0) is 58.5. The van der Waals surface area contributed by atoms with E-state index in [1.54, 1.807) is 0 Å². The van der Waals surface area contributed by atoms with Gasteiger partial charge in [-0.05, 0) is 172 Å². The standard InChI is InChI=1S/C86H53NS2/c1-7-21-54(22-8-1)60-37-43-81-74(45-60)77-49-64(56-25-11-3-12-26-56)47-72(85(77)88-81)62-35-40-67-68-41-36-63(73-48-65(57-27-13-4-14-28-57)50-78-75-46-61(55-23-9-2-10-24-55)38-44-82(75)89-86(73)78)52-80(68)87(79(67)51-62)66-39-42-71-76(53-66)84(59-31-17-6-18-32-59)70-34-20-19-33-69(70)83(71)58-29-15-5-16-30-58/h1-53H. The fraction of sp³-hybridized carbons (Fsp3) is 0. The minimum atomic E-state index is 1.11. The molecule has 18 rings (SSSR count). The molecule has 0 atom stereocenters. The largest absolute Gasteiger partial charge is 0.309 e. The van der Waals surface area contributed by atoms with Crippen LogP contribution < -0.4 is 0 Å². The number of benzene rings is 15. The normalized spacial score (nSPS) is 11.8. The topological polar surface area (TPSA) is 4.93 Å². The van der Waals surface area contributed by atoms with Crippen LogP contribution in [0, 0.1) is 0 Å². The molecule has 0 saturated heterocycles. The predicted octanol–water partition coefficient (Wildman–Crippen LogP) is 25.2. The first-order valence-corrected chi connectivity index (χ1v) is 32.2. The minimum Gasteiger partial charge on any atom is -0.309 e. The zero-order valence-corrected chi connectivity index (χ0v) is 50.0. The van der Waals surface area contributed by atoms with E-state index in [0.717, 1.165) is 16.7 Å². The van der Waals surface area contributed by atoms with Gasteiger partial charge in [-0.25, -0.2) is 0 Å². The number of aromatic nitrogens is 1. The lowest BCUT2D eigenvalue weighted by molar-refractivity contribution is 1.19. The molecule has 0 N–H and O–H groups in total. The van der Waals surface area contributed by atoms with E-state index in [2.05, 4.69) is 326 Å². The molecule has 0 amide bonds. The quantitative estimate of drug-likeness (QED) is 0.127. The maximum Gasteiger partial charge on any atom is 0.0547 e. The summed E-state index contributed by atoms with van der Waals surface area (Å²) >= 11 is 3.80. The Labute approximate surface area is 523 Å². The minimum absolute atomic E-state index is 1.11. The van der Waals surface area contributed by atoms with Crippen LogP contribution in [0.25, 0.3) is 178 Å². The first-order valence-electron chi connectivity index (χ1n) is 30.5. The smallest absolute Gasteiger partial charge is 0.0547 e. The fourth-order valence-corrected chi connectivity index (χ4v) is 16.6. The molecule has 0 fully saturated rings. The Bertz CT molecular complexity index is 5550. The van der Waals surface area contributed by atoms with Crippen LogP contribution in [-0.4, -0.2) is 4.57 Å². The van der Waals surface area contributed by atoms with Crippen molar-refractivity contribution in [3.05, 3.63) is 322 Å². The van der Waals surface area contributed by atoms with Gasteiger partial charge in [-0.15, -0.1) is 22.7 Å². The van der Waals surface area contributed by atoms with E-state index >= 15 is 0 Å². The summed E-state index contributed by atoms with van der Waals surface area (Å²) in [6.45, 7) is 0. The van der Waals surface area contributed by atoms with Gasteiger partial charge in [-0.3, -0.25) is 0 Å². The van der Waals surface area contributed by atoms with Crippen LogP contribution >= 0.6 is 22.7 Å². The Morgan fingerprint density at radius 1 is 0.191 bits per heavy atom. The van der Waals surface area contributed by atoms with Crippen LogP contribution in [0.5, 0.6) is 0 Å². The molecule has 0 aliphatic heterocycles. The van der Waals surface area contributed by atoms with Crippen molar-refractivity contribution >= 4 is 106 Å². The van der Waals surface area contributed by atoms with Crippen molar-refractivity contribution in [1.29, 1.82) is 0 Å². The second-order valence-electron chi connectivity index (χ2n) is 23.4. The van der Waals surface area contributed by atoms with Gasteiger partial charge in [0.1, 0.15) is 0 Å². The van der Waals surface area contributed by atoms with Gasteiger partial charge in [0.15, 0.2) is 0 Å². The van der Waals surface area contributed by atoms with Gasteiger partial charge < -0.3 is 4.57 Å². The molecule has 1 nitrogen and oxygen atoms in total. The fourth-order valence-electron chi connectivity index (χ4n) is 14.2. The summed E-state index contributed by atoms with van der Waals surface area (Å²) in [5.74, 6) is 0. The summed E-state index contributed by atoms with van der Waals surface area (Å²) in [7, 11) is 0. The van der Waals surface area contributed by atoms with Crippen molar-refractivity contribution in [3.63, 3.8) is 0 Å². The molecule has 0 bridgehead atoms. The van der Waals surface area contributed by atoms with Gasteiger partial charge in [0.05, 0.1) is 11.0 Å². The van der Waals surface area contributed by atoms with E-state index in [1.165, 1.54) is 162 Å². The number of hydrogen-bond acceptors (Lipinski definition) is 2. The molecule has 0 unspecified atom stereocenters. The van der Waals surface area contributed by atoms with E-state index in [9.17, 15) is 0 Å². The van der Waals surface area contributed by atoms with E-state index in [4.69, 9.17) is 0 Å². The summed E-state index contributed by atoms with van der Waals surface area (Å²) in [5.41, 5.74) is 22.8. The lowest BCUT2D eigenvalue weighted by Gasteiger charge is -2.19. The molecule has 0 saturated carbocycles.